The fourth-order valence-electron chi connectivity index (χ4n) is 1.39. The molecule has 1 aromatic rings. The molecule has 1 nitrogen and oxygen atoms in total. The van der Waals surface area contributed by atoms with Crippen LogP contribution in [-0.4, -0.2) is 6.61 Å². The van der Waals surface area contributed by atoms with Crippen molar-refractivity contribution in [3.8, 4) is 5.75 Å². The van der Waals surface area contributed by atoms with Crippen LogP contribution in [0.2, 0.25) is 0 Å². The van der Waals surface area contributed by atoms with Crippen LogP contribution < -0.4 is 4.74 Å². The van der Waals surface area contributed by atoms with Crippen LogP contribution in [0.1, 0.15) is 38.2 Å². The molecule has 15 heavy (non-hydrogen) atoms. The minimum absolute atomic E-state index is 0.841. The fourth-order valence-corrected chi connectivity index (χ4v) is 1.77. The number of rotatable bonds is 7. The molecule has 1 aromatic carbocycles. The van der Waals surface area contributed by atoms with Gasteiger partial charge in [0.2, 0.25) is 0 Å². The second-order valence-electron chi connectivity index (χ2n) is 3.69. The van der Waals surface area contributed by atoms with Gasteiger partial charge in [0.25, 0.3) is 0 Å². The monoisotopic (exact) mass is 270 g/mol. The first-order valence-electron chi connectivity index (χ1n) is 5.64. The Morgan fingerprint density at radius 3 is 2.40 bits per heavy atom. The molecule has 2 heteroatoms. The van der Waals surface area contributed by atoms with E-state index < -0.39 is 0 Å². The highest BCUT2D eigenvalue weighted by Gasteiger charge is 1.94. The summed E-state index contributed by atoms with van der Waals surface area (Å²) < 4.78 is 5.64. The third-order valence-electron chi connectivity index (χ3n) is 2.34. The molecule has 0 aliphatic carbocycles. The largest absolute Gasteiger partial charge is 0.494 e. The summed E-state index contributed by atoms with van der Waals surface area (Å²) in [4.78, 5) is 0. The van der Waals surface area contributed by atoms with Crippen molar-refractivity contribution in [2.75, 3.05) is 6.61 Å². The Balaban J connectivity index is 2.20. The first kappa shape index (κ1) is 12.6. The maximum atomic E-state index is 5.64. The van der Waals surface area contributed by atoms with Gasteiger partial charge in [0.1, 0.15) is 5.75 Å². The molecule has 0 aliphatic heterocycles. The molecule has 0 heterocycles. The van der Waals surface area contributed by atoms with Gasteiger partial charge in [0, 0.05) is 5.33 Å². The van der Waals surface area contributed by atoms with Gasteiger partial charge in [-0.1, -0.05) is 54.2 Å². The van der Waals surface area contributed by atoms with Crippen LogP contribution in [0.15, 0.2) is 24.3 Å². The minimum Gasteiger partial charge on any atom is -0.494 e. The summed E-state index contributed by atoms with van der Waals surface area (Å²) in [6, 6.07) is 8.26. The Bertz CT molecular complexity index is 256. The lowest BCUT2D eigenvalue weighted by Crippen LogP contribution is -1.97. The second-order valence-corrected chi connectivity index (χ2v) is 4.25. The molecule has 0 spiro atoms. The van der Waals surface area contributed by atoms with Crippen molar-refractivity contribution >= 4 is 15.9 Å². The van der Waals surface area contributed by atoms with E-state index in [2.05, 4.69) is 35.0 Å². The van der Waals surface area contributed by atoms with Crippen LogP contribution in [-0.2, 0) is 5.33 Å². The van der Waals surface area contributed by atoms with Gasteiger partial charge in [0.15, 0.2) is 0 Å². The van der Waals surface area contributed by atoms with Gasteiger partial charge < -0.3 is 4.74 Å². The van der Waals surface area contributed by atoms with Crippen LogP contribution in [0.3, 0.4) is 0 Å². The topological polar surface area (TPSA) is 9.23 Å². The SMILES string of the molecule is CCCCCCOc1ccc(CBr)cc1. The maximum absolute atomic E-state index is 5.64. The van der Waals surface area contributed by atoms with Crippen LogP contribution >= 0.6 is 15.9 Å². The molecule has 84 valence electrons. The Kier molecular flexibility index (Phi) is 6.49. The number of alkyl halides is 1. The summed E-state index contributed by atoms with van der Waals surface area (Å²) >= 11 is 3.42. The van der Waals surface area contributed by atoms with E-state index in [0.717, 1.165) is 24.1 Å². The van der Waals surface area contributed by atoms with Gasteiger partial charge in [-0.15, -0.1) is 0 Å². The molecule has 0 radical (unpaired) electrons. The van der Waals surface area contributed by atoms with E-state index in [1.165, 1.54) is 24.8 Å². The molecule has 0 N–H and O–H groups in total. The van der Waals surface area contributed by atoms with Crippen LogP contribution in [0, 0.1) is 0 Å². The highest BCUT2D eigenvalue weighted by Crippen LogP contribution is 2.14. The Labute approximate surface area is 101 Å². The molecule has 0 unspecified atom stereocenters. The van der Waals surface area contributed by atoms with E-state index >= 15 is 0 Å². The van der Waals surface area contributed by atoms with Crippen LogP contribution in [0.4, 0.5) is 0 Å². The molecule has 0 bridgehead atoms. The van der Waals surface area contributed by atoms with Gasteiger partial charge >= 0.3 is 0 Å². The minimum atomic E-state index is 0.841. The smallest absolute Gasteiger partial charge is 0.119 e. The molecule has 0 saturated carbocycles. The van der Waals surface area contributed by atoms with Crippen molar-refractivity contribution in [3.05, 3.63) is 29.8 Å². The van der Waals surface area contributed by atoms with Crippen molar-refractivity contribution in [1.82, 2.24) is 0 Å². The summed E-state index contributed by atoms with van der Waals surface area (Å²) in [6.45, 7) is 3.06. The van der Waals surface area contributed by atoms with Crippen LogP contribution in [0.5, 0.6) is 5.75 Å². The lowest BCUT2D eigenvalue weighted by atomic mass is 10.2. The zero-order valence-electron chi connectivity index (χ0n) is 9.34. The van der Waals surface area contributed by atoms with Gasteiger partial charge in [0.05, 0.1) is 6.61 Å². The zero-order valence-corrected chi connectivity index (χ0v) is 10.9. The van der Waals surface area contributed by atoms with Crippen molar-refractivity contribution < 1.29 is 4.74 Å². The molecule has 0 fully saturated rings. The first-order valence-corrected chi connectivity index (χ1v) is 6.76. The lowest BCUT2D eigenvalue weighted by molar-refractivity contribution is 0.305. The Morgan fingerprint density at radius 1 is 1.07 bits per heavy atom. The standard InChI is InChI=1S/C13H19BrO/c1-2-3-4-5-10-15-13-8-6-12(11-14)7-9-13/h6-9H,2-5,10-11H2,1H3. The van der Waals surface area contributed by atoms with E-state index in [1.54, 1.807) is 0 Å². The Morgan fingerprint density at radius 2 is 1.80 bits per heavy atom. The molecular weight excluding hydrogens is 252 g/mol. The van der Waals surface area contributed by atoms with Crippen molar-refractivity contribution in [2.24, 2.45) is 0 Å². The van der Waals surface area contributed by atoms with Gasteiger partial charge in [-0.25, -0.2) is 0 Å². The van der Waals surface area contributed by atoms with E-state index in [9.17, 15) is 0 Å². The quantitative estimate of drug-likeness (QED) is 0.522. The van der Waals surface area contributed by atoms with Gasteiger partial charge in [-0.2, -0.15) is 0 Å². The summed E-state index contributed by atoms with van der Waals surface area (Å²) in [6.07, 6.45) is 5.02. The van der Waals surface area contributed by atoms with Gasteiger partial charge in [-0.3, -0.25) is 0 Å². The molecule has 1 rings (SSSR count). The van der Waals surface area contributed by atoms with E-state index in [0.29, 0.717) is 0 Å². The van der Waals surface area contributed by atoms with Crippen molar-refractivity contribution in [1.29, 1.82) is 0 Å². The molecule has 0 atom stereocenters. The maximum Gasteiger partial charge on any atom is 0.119 e. The predicted molar refractivity (Wildman–Crippen MR) is 68.7 cm³/mol. The average Bonchev–Trinajstić information content (AvgIpc) is 2.30. The first-order chi connectivity index (χ1) is 7.36. The van der Waals surface area contributed by atoms with E-state index in [4.69, 9.17) is 4.74 Å². The normalized spacial score (nSPS) is 10.3. The lowest BCUT2D eigenvalue weighted by Gasteiger charge is -2.06. The molecule has 0 saturated heterocycles. The summed E-state index contributed by atoms with van der Waals surface area (Å²) in [5.74, 6) is 0.983. The van der Waals surface area contributed by atoms with Crippen molar-refractivity contribution in [2.45, 2.75) is 37.9 Å². The van der Waals surface area contributed by atoms with Crippen molar-refractivity contribution in [3.63, 3.8) is 0 Å². The summed E-state index contributed by atoms with van der Waals surface area (Å²) in [7, 11) is 0. The highest BCUT2D eigenvalue weighted by molar-refractivity contribution is 9.08. The number of ether oxygens (including phenoxy) is 1. The molecule has 0 amide bonds. The van der Waals surface area contributed by atoms with E-state index in [-0.39, 0.29) is 0 Å². The predicted octanol–water partition coefficient (Wildman–Crippen LogP) is 4.54. The summed E-state index contributed by atoms with van der Waals surface area (Å²) in [5.41, 5.74) is 1.29. The van der Waals surface area contributed by atoms with Gasteiger partial charge in [-0.05, 0) is 24.1 Å². The number of halogens is 1. The molecule has 0 aliphatic rings. The Hall–Kier alpha value is -0.500. The second kappa shape index (κ2) is 7.75. The average molecular weight is 271 g/mol. The highest BCUT2D eigenvalue weighted by atomic mass is 79.9. The number of unbranched alkanes of at least 4 members (excludes halogenated alkanes) is 3. The number of benzene rings is 1. The van der Waals surface area contributed by atoms with Crippen LogP contribution in [0.25, 0.3) is 0 Å². The zero-order chi connectivity index (χ0) is 10.9. The summed E-state index contributed by atoms with van der Waals surface area (Å²) in [5, 5.41) is 0.907. The molecule has 0 aromatic heterocycles. The third kappa shape index (κ3) is 5.22. The fraction of sp³-hybridized carbons (Fsp3) is 0.538. The number of hydrogen-bond donors (Lipinski definition) is 0. The van der Waals surface area contributed by atoms with E-state index in [1.807, 2.05) is 12.1 Å². The molecular formula is C13H19BrO. The third-order valence-corrected chi connectivity index (χ3v) is 2.99. The number of hydrogen-bond acceptors (Lipinski definition) is 1.